The van der Waals surface area contributed by atoms with Crippen LogP contribution in [0.5, 0.6) is 0 Å². The van der Waals surface area contributed by atoms with E-state index < -0.39 is 0 Å². The first-order chi connectivity index (χ1) is 6.27. The van der Waals surface area contributed by atoms with E-state index in [-0.39, 0.29) is 5.38 Å². The number of pyridine rings is 2. The molecule has 0 amide bonds. The summed E-state index contributed by atoms with van der Waals surface area (Å²) in [6.45, 7) is 1.90. The first kappa shape index (κ1) is 8.45. The average molecular weight is 193 g/mol. The zero-order valence-corrected chi connectivity index (χ0v) is 7.99. The number of fused-ring (bicyclic) bond motifs is 1. The molecule has 0 saturated carbocycles. The molecule has 2 heterocycles. The van der Waals surface area contributed by atoms with Crippen LogP contribution >= 0.6 is 11.6 Å². The summed E-state index contributed by atoms with van der Waals surface area (Å²) < 4.78 is 0. The maximum Gasteiger partial charge on any atom is 0.159 e. The number of halogens is 1. The van der Waals surface area contributed by atoms with E-state index in [1.807, 2.05) is 31.2 Å². The molecule has 2 aromatic heterocycles. The highest BCUT2D eigenvalue weighted by Crippen LogP contribution is 2.19. The number of hydrogen-bond acceptors (Lipinski definition) is 2. The van der Waals surface area contributed by atoms with Crippen LogP contribution in [0.4, 0.5) is 0 Å². The zero-order valence-electron chi connectivity index (χ0n) is 7.24. The van der Waals surface area contributed by atoms with Crippen molar-refractivity contribution in [3.05, 3.63) is 36.2 Å². The minimum absolute atomic E-state index is 0.0635. The summed E-state index contributed by atoms with van der Waals surface area (Å²) in [5, 5.41) is 0.981. The van der Waals surface area contributed by atoms with Crippen molar-refractivity contribution in [2.24, 2.45) is 0 Å². The maximum atomic E-state index is 5.91. The normalized spacial score (nSPS) is 13.1. The van der Waals surface area contributed by atoms with Gasteiger partial charge in [0.05, 0.1) is 11.1 Å². The summed E-state index contributed by atoms with van der Waals surface area (Å²) in [6, 6.07) is 7.80. The molecule has 0 bridgehead atoms. The molecule has 1 atom stereocenters. The average Bonchev–Trinajstić information content (AvgIpc) is 2.17. The van der Waals surface area contributed by atoms with Crippen LogP contribution in [0.25, 0.3) is 11.0 Å². The quantitative estimate of drug-likeness (QED) is 0.650. The van der Waals surface area contributed by atoms with Crippen LogP contribution < -0.4 is 0 Å². The van der Waals surface area contributed by atoms with Gasteiger partial charge in [0.25, 0.3) is 0 Å². The van der Waals surface area contributed by atoms with Crippen molar-refractivity contribution in [3.63, 3.8) is 0 Å². The van der Waals surface area contributed by atoms with Crippen LogP contribution in [0.1, 0.15) is 18.0 Å². The third-order valence-electron chi connectivity index (χ3n) is 1.89. The molecule has 0 fully saturated rings. The van der Waals surface area contributed by atoms with Crippen LogP contribution in [0, 0.1) is 0 Å². The lowest BCUT2D eigenvalue weighted by Crippen LogP contribution is -1.91. The molecule has 2 aromatic rings. The van der Waals surface area contributed by atoms with E-state index in [4.69, 9.17) is 11.6 Å². The van der Waals surface area contributed by atoms with Crippen molar-refractivity contribution in [3.8, 4) is 0 Å². The summed E-state index contributed by atoms with van der Waals surface area (Å²) in [7, 11) is 0. The standard InChI is InChI=1S/C10H9ClN2/c1-7(11)9-5-4-8-3-2-6-12-10(8)13-9/h2-7H,1H3. The Labute approximate surface area is 81.6 Å². The van der Waals surface area contributed by atoms with Crippen LogP contribution in [0.2, 0.25) is 0 Å². The minimum atomic E-state index is -0.0635. The fourth-order valence-corrected chi connectivity index (χ4v) is 1.31. The van der Waals surface area contributed by atoms with Gasteiger partial charge in [-0.2, -0.15) is 0 Å². The van der Waals surface area contributed by atoms with Gasteiger partial charge in [-0.25, -0.2) is 9.97 Å². The summed E-state index contributed by atoms with van der Waals surface area (Å²) in [5.41, 5.74) is 1.63. The summed E-state index contributed by atoms with van der Waals surface area (Å²) in [4.78, 5) is 8.49. The van der Waals surface area contributed by atoms with Crippen LogP contribution in [0.15, 0.2) is 30.5 Å². The molecule has 2 nitrogen and oxygen atoms in total. The van der Waals surface area contributed by atoms with Gasteiger partial charge in [0.1, 0.15) is 0 Å². The fraction of sp³-hybridized carbons (Fsp3) is 0.200. The molecule has 0 spiro atoms. The molecule has 0 aliphatic carbocycles. The first-order valence-electron chi connectivity index (χ1n) is 4.13. The molecule has 1 unspecified atom stereocenters. The molecule has 0 aliphatic rings. The molecule has 0 aliphatic heterocycles. The van der Waals surface area contributed by atoms with Gasteiger partial charge in [0, 0.05) is 11.6 Å². The molecule has 2 rings (SSSR count). The Balaban J connectivity index is 2.62. The van der Waals surface area contributed by atoms with Crippen molar-refractivity contribution in [1.82, 2.24) is 9.97 Å². The van der Waals surface area contributed by atoms with E-state index in [0.29, 0.717) is 0 Å². The van der Waals surface area contributed by atoms with Crippen LogP contribution in [-0.4, -0.2) is 9.97 Å². The van der Waals surface area contributed by atoms with Crippen molar-refractivity contribution < 1.29 is 0 Å². The topological polar surface area (TPSA) is 25.8 Å². The molecule has 66 valence electrons. The zero-order chi connectivity index (χ0) is 9.26. The van der Waals surface area contributed by atoms with E-state index in [1.54, 1.807) is 6.20 Å². The number of alkyl halides is 1. The van der Waals surface area contributed by atoms with E-state index in [0.717, 1.165) is 16.7 Å². The van der Waals surface area contributed by atoms with E-state index in [2.05, 4.69) is 9.97 Å². The van der Waals surface area contributed by atoms with Crippen molar-refractivity contribution in [2.75, 3.05) is 0 Å². The Kier molecular flexibility index (Phi) is 2.15. The Hall–Kier alpha value is -1.15. The smallest absolute Gasteiger partial charge is 0.159 e. The molecular formula is C10H9ClN2. The second-order valence-corrected chi connectivity index (χ2v) is 3.56. The highest BCUT2D eigenvalue weighted by molar-refractivity contribution is 6.20. The Morgan fingerprint density at radius 2 is 2.15 bits per heavy atom. The van der Waals surface area contributed by atoms with E-state index >= 15 is 0 Å². The Morgan fingerprint density at radius 1 is 1.31 bits per heavy atom. The van der Waals surface area contributed by atoms with Crippen LogP contribution in [0.3, 0.4) is 0 Å². The molecule has 0 N–H and O–H groups in total. The molecule has 13 heavy (non-hydrogen) atoms. The predicted octanol–water partition coefficient (Wildman–Crippen LogP) is 2.93. The lowest BCUT2D eigenvalue weighted by Gasteiger charge is -2.02. The Morgan fingerprint density at radius 3 is 2.92 bits per heavy atom. The molecular weight excluding hydrogens is 184 g/mol. The highest BCUT2D eigenvalue weighted by atomic mass is 35.5. The van der Waals surface area contributed by atoms with Gasteiger partial charge < -0.3 is 0 Å². The monoisotopic (exact) mass is 192 g/mol. The third kappa shape index (κ3) is 1.63. The second-order valence-electron chi connectivity index (χ2n) is 2.90. The summed E-state index contributed by atoms with van der Waals surface area (Å²) in [6.07, 6.45) is 1.73. The van der Waals surface area contributed by atoms with Crippen molar-refractivity contribution in [2.45, 2.75) is 12.3 Å². The van der Waals surface area contributed by atoms with E-state index in [9.17, 15) is 0 Å². The highest BCUT2D eigenvalue weighted by Gasteiger charge is 2.03. The van der Waals surface area contributed by atoms with Gasteiger partial charge in [0.2, 0.25) is 0 Å². The summed E-state index contributed by atoms with van der Waals surface area (Å²) >= 11 is 5.91. The third-order valence-corrected chi connectivity index (χ3v) is 2.12. The SMILES string of the molecule is CC(Cl)c1ccc2cccnc2n1. The van der Waals surface area contributed by atoms with Gasteiger partial charge >= 0.3 is 0 Å². The lowest BCUT2D eigenvalue weighted by atomic mass is 10.2. The van der Waals surface area contributed by atoms with Gasteiger partial charge in [-0.05, 0) is 31.2 Å². The first-order valence-corrected chi connectivity index (χ1v) is 4.57. The number of rotatable bonds is 1. The van der Waals surface area contributed by atoms with Gasteiger partial charge in [-0.3, -0.25) is 0 Å². The number of nitrogens with zero attached hydrogens (tertiary/aromatic N) is 2. The largest absolute Gasteiger partial charge is 0.237 e. The van der Waals surface area contributed by atoms with Gasteiger partial charge in [-0.15, -0.1) is 11.6 Å². The van der Waals surface area contributed by atoms with E-state index in [1.165, 1.54) is 0 Å². The van der Waals surface area contributed by atoms with Crippen molar-refractivity contribution in [1.29, 1.82) is 0 Å². The molecule has 0 saturated heterocycles. The minimum Gasteiger partial charge on any atom is -0.237 e. The maximum absolute atomic E-state index is 5.91. The number of hydrogen-bond donors (Lipinski definition) is 0. The van der Waals surface area contributed by atoms with Crippen molar-refractivity contribution >= 4 is 22.6 Å². The molecule has 0 aromatic carbocycles. The molecule has 0 radical (unpaired) electrons. The van der Waals surface area contributed by atoms with Gasteiger partial charge in [-0.1, -0.05) is 0 Å². The van der Waals surface area contributed by atoms with Gasteiger partial charge in [0.15, 0.2) is 5.65 Å². The summed E-state index contributed by atoms with van der Waals surface area (Å²) in [5.74, 6) is 0. The second kappa shape index (κ2) is 3.30. The van der Waals surface area contributed by atoms with Crippen LogP contribution in [-0.2, 0) is 0 Å². The Bertz CT molecular complexity index is 426. The molecule has 3 heteroatoms. The predicted molar refractivity (Wildman–Crippen MR) is 53.8 cm³/mol. The number of aromatic nitrogens is 2. The lowest BCUT2D eigenvalue weighted by molar-refractivity contribution is 1.00. The fourth-order valence-electron chi connectivity index (χ4n) is 1.19.